The van der Waals surface area contributed by atoms with Crippen molar-refractivity contribution in [1.82, 2.24) is 0 Å². The molecule has 0 unspecified atom stereocenters. The molecule has 2 N–H and O–H groups in total. The molecule has 0 radical (unpaired) electrons. The minimum absolute atomic E-state index is 0.283. The summed E-state index contributed by atoms with van der Waals surface area (Å²) in [6.45, 7) is 0.566. The van der Waals surface area contributed by atoms with E-state index in [1.165, 1.54) is 24.3 Å². The fourth-order valence-electron chi connectivity index (χ4n) is 0.632. The number of aliphatic hydroxyl groups excluding tert-OH is 2. The Morgan fingerprint density at radius 3 is 1.29 bits per heavy atom. The van der Waals surface area contributed by atoms with Crippen LogP contribution in [0.3, 0.4) is 0 Å². The molecule has 0 aliphatic rings. The molecule has 0 saturated heterocycles. The van der Waals surface area contributed by atoms with Crippen molar-refractivity contribution in [2.24, 2.45) is 0 Å². The second-order valence-electron chi connectivity index (χ2n) is 2.44. The summed E-state index contributed by atoms with van der Waals surface area (Å²) in [7, 11) is 7.19. The highest BCUT2D eigenvalue weighted by Gasteiger charge is 1.92. The zero-order chi connectivity index (χ0) is 10.5. The molecular weight excluding hydrogens is 256 g/mol. The van der Waals surface area contributed by atoms with Crippen LogP contribution in [-0.2, 0) is 0 Å². The summed E-state index contributed by atoms with van der Waals surface area (Å²) in [5, 5.41) is 17.1. The van der Waals surface area contributed by atoms with Gasteiger partial charge >= 0.3 is 0 Å². The van der Waals surface area contributed by atoms with Gasteiger partial charge in [0.05, 0.1) is 13.2 Å². The molecule has 0 aromatic rings. The fourth-order valence-corrected chi connectivity index (χ4v) is 4.47. The SMILES string of the molecule is OCCSSCCCCSSCCO. The maximum atomic E-state index is 8.53. The van der Waals surface area contributed by atoms with Crippen molar-refractivity contribution in [3.8, 4) is 0 Å². The summed E-state index contributed by atoms with van der Waals surface area (Å²) in [5.74, 6) is 4.03. The van der Waals surface area contributed by atoms with Gasteiger partial charge in [0.2, 0.25) is 0 Å². The van der Waals surface area contributed by atoms with Gasteiger partial charge in [0.25, 0.3) is 0 Å². The third-order valence-corrected chi connectivity index (χ3v) is 6.16. The maximum Gasteiger partial charge on any atom is 0.0530 e. The third kappa shape index (κ3) is 13.3. The number of hydrogen-bond acceptors (Lipinski definition) is 6. The van der Waals surface area contributed by atoms with E-state index in [9.17, 15) is 0 Å². The Bertz CT molecular complexity index is 93.3. The first-order valence-corrected chi connectivity index (χ1v) is 9.60. The minimum atomic E-state index is 0.283. The zero-order valence-corrected chi connectivity index (χ0v) is 11.5. The zero-order valence-electron chi connectivity index (χ0n) is 8.18. The summed E-state index contributed by atoms with van der Waals surface area (Å²) in [6.07, 6.45) is 2.49. The summed E-state index contributed by atoms with van der Waals surface area (Å²) >= 11 is 0. The number of unbranched alkanes of at least 4 members (excludes halogenated alkanes) is 1. The summed E-state index contributed by atoms with van der Waals surface area (Å²) < 4.78 is 0. The third-order valence-electron chi connectivity index (χ3n) is 1.22. The molecule has 0 saturated carbocycles. The van der Waals surface area contributed by atoms with Crippen LogP contribution in [0.1, 0.15) is 12.8 Å². The van der Waals surface area contributed by atoms with Crippen LogP contribution < -0.4 is 0 Å². The molecule has 0 aromatic heterocycles. The maximum absolute atomic E-state index is 8.53. The predicted octanol–water partition coefficient (Wildman–Crippen LogP) is 2.51. The summed E-state index contributed by atoms with van der Waals surface area (Å²) in [6, 6.07) is 0. The fraction of sp³-hybridized carbons (Fsp3) is 1.00. The van der Waals surface area contributed by atoms with Gasteiger partial charge in [0.1, 0.15) is 0 Å². The molecule has 0 atom stereocenters. The van der Waals surface area contributed by atoms with Gasteiger partial charge in [-0.1, -0.05) is 43.2 Å². The van der Waals surface area contributed by atoms with Crippen LogP contribution in [0, 0.1) is 0 Å². The molecule has 0 rings (SSSR count). The molecule has 0 fully saturated rings. The lowest BCUT2D eigenvalue weighted by molar-refractivity contribution is 0.322. The van der Waals surface area contributed by atoms with Crippen molar-refractivity contribution in [2.75, 3.05) is 36.2 Å². The number of hydrogen-bond donors (Lipinski definition) is 2. The van der Waals surface area contributed by atoms with Crippen molar-refractivity contribution >= 4 is 43.2 Å². The molecular formula is C8H18O2S4. The van der Waals surface area contributed by atoms with Crippen molar-refractivity contribution in [3.05, 3.63) is 0 Å². The molecule has 0 heterocycles. The molecule has 6 heteroatoms. The minimum Gasteiger partial charge on any atom is -0.395 e. The van der Waals surface area contributed by atoms with Gasteiger partial charge in [-0.3, -0.25) is 0 Å². The lowest BCUT2D eigenvalue weighted by Gasteiger charge is -2.00. The second kappa shape index (κ2) is 14.3. The highest BCUT2D eigenvalue weighted by Crippen LogP contribution is 2.24. The highest BCUT2D eigenvalue weighted by molar-refractivity contribution is 8.77. The Morgan fingerprint density at radius 2 is 0.929 bits per heavy atom. The largest absolute Gasteiger partial charge is 0.395 e. The van der Waals surface area contributed by atoms with Crippen molar-refractivity contribution < 1.29 is 10.2 Å². The van der Waals surface area contributed by atoms with Crippen LogP contribution in [0.25, 0.3) is 0 Å². The van der Waals surface area contributed by atoms with Gasteiger partial charge in [-0.2, -0.15) is 0 Å². The summed E-state index contributed by atoms with van der Waals surface area (Å²) in [5.41, 5.74) is 0. The van der Waals surface area contributed by atoms with Gasteiger partial charge in [0, 0.05) is 23.0 Å². The molecule has 14 heavy (non-hydrogen) atoms. The Morgan fingerprint density at radius 1 is 0.571 bits per heavy atom. The monoisotopic (exact) mass is 274 g/mol. The Hall–Kier alpha value is 1.32. The standard InChI is InChI=1S/C8H18O2S4/c9-3-7-13-11-5-1-2-6-12-14-8-4-10/h9-10H,1-8H2. The van der Waals surface area contributed by atoms with E-state index in [-0.39, 0.29) is 13.2 Å². The summed E-state index contributed by atoms with van der Waals surface area (Å²) in [4.78, 5) is 0. The average Bonchev–Trinajstić information content (AvgIpc) is 2.21. The Kier molecular flexibility index (Phi) is 15.7. The first kappa shape index (κ1) is 15.3. The van der Waals surface area contributed by atoms with Gasteiger partial charge < -0.3 is 10.2 Å². The average molecular weight is 274 g/mol. The van der Waals surface area contributed by atoms with E-state index in [1.807, 2.05) is 21.6 Å². The van der Waals surface area contributed by atoms with Crippen molar-refractivity contribution in [2.45, 2.75) is 12.8 Å². The van der Waals surface area contributed by atoms with Gasteiger partial charge in [-0.05, 0) is 12.8 Å². The molecule has 2 nitrogen and oxygen atoms in total. The number of aliphatic hydroxyl groups is 2. The topological polar surface area (TPSA) is 40.5 Å². The smallest absolute Gasteiger partial charge is 0.0530 e. The van der Waals surface area contributed by atoms with E-state index < -0.39 is 0 Å². The van der Waals surface area contributed by atoms with E-state index >= 15 is 0 Å². The molecule has 0 bridgehead atoms. The molecule has 0 aromatic carbocycles. The van der Waals surface area contributed by atoms with Crippen molar-refractivity contribution in [3.63, 3.8) is 0 Å². The van der Waals surface area contributed by atoms with Crippen LogP contribution in [-0.4, -0.2) is 46.4 Å². The molecule has 0 aliphatic carbocycles. The lowest BCUT2D eigenvalue weighted by atomic mass is 10.4. The quantitative estimate of drug-likeness (QED) is 0.446. The van der Waals surface area contributed by atoms with E-state index in [2.05, 4.69) is 0 Å². The predicted molar refractivity (Wildman–Crippen MR) is 73.2 cm³/mol. The van der Waals surface area contributed by atoms with E-state index in [0.29, 0.717) is 0 Å². The first-order valence-electron chi connectivity index (χ1n) is 4.62. The van der Waals surface area contributed by atoms with Gasteiger partial charge in [-0.15, -0.1) is 0 Å². The van der Waals surface area contributed by atoms with Crippen LogP contribution in [0.2, 0.25) is 0 Å². The van der Waals surface area contributed by atoms with E-state index in [4.69, 9.17) is 10.2 Å². The molecule has 0 aliphatic heterocycles. The Labute approximate surface area is 102 Å². The molecule has 86 valence electrons. The normalized spacial score (nSPS) is 10.7. The van der Waals surface area contributed by atoms with Crippen LogP contribution in [0.5, 0.6) is 0 Å². The van der Waals surface area contributed by atoms with Crippen molar-refractivity contribution in [1.29, 1.82) is 0 Å². The van der Waals surface area contributed by atoms with Crippen LogP contribution >= 0.6 is 43.2 Å². The van der Waals surface area contributed by atoms with Gasteiger partial charge in [0.15, 0.2) is 0 Å². The molecule has 0 spiro atoms. The van der Waals surface area contributed by atoms with Crippen LogP contribution in [0.4, 0.5) is 0 Å². The van der Waals surface area contributed by atoms with Crippen LogP contribution in [0.15, 0.2) is 0 Å². The number of rotatable bonds is 11. The first-order chi connectivity index (χ1) is 6.91. The second-order valence-corrected chi connectivity index (χ2v) is 7.85. The van der Waals surface area contributed by atoms with E-state index in [1.54, 1.807) is 21.6 Å². The Balaban J connectivity index is 2.78. The highest BCUT2D eigenvalue weighted by atomic mass is 33.1. The van der Waals surface area contributed by atoms with Gasteiger partial charge in [-0.25, -0.2) is 0 Å². The molecule has 0 amide bonds. The van der Waals surface area contributed by atoms with E-state index in [0.717, 1.165) is 11.5 Å². The lowest BCUT2D eigenvalue weighted by Crippen LogP contribution is -1.86.